The lowest BCUT2D eigenvalue weighted by Gasteiger charge is -2.46. The van der Waals surface area contributed by atoms with Crippen LogP contribution in [0.3, 0.4) is 0 Å². The van der Waals surface area contributed by atoms with E-state index in [1.807, 2.05) is 0 Å². The van der Waals surface area contributed by atoms with E-state index in [9.17, 15) is 105 Å². The van der Waals surface area contributed by atoms with E-state index in [4.69, 9.17) is 0 Å². The summed E-state index contributed by atoms with van der Waals surface area (Å²) in [5.74, 6) is 0. The molecule has 0 saturated carbocycles. The molecule has 0 aliphatic heterocycles. The Labute approximate surface area is 457 Å². The van der Waals surface area contributed by atoms with Gasteiger partial charge >= 0.3 is 49.4 Å². The number of pyridine rings is 1. The summed E-state index contributed by atoms with van der Waals surface area (Å²) >= 11 is 0. The summed E-state index contributed by atoms with van der Waals surface area (Å²) in [5.41, 5.74) is -26.4. The number of aromatic nitrogens is 1. The van der Waals surface area contributed by atoms with Crippen LogP contribution in [0.25, 0.3) is 32.8 Å². The van der Waals surface area contributed by atoms with Crippen molar-refractivity contribution in [3.63, 3.8) is 0 Å². The third kappa shape index (κ3) is 13.1. The molecule has 1 aromatic heterocycles. The molecule has 26 heteroatoms. The van der Waals surface area contributed by atoms with Gasteiger partial charge in [-0.3, -0.25) is 0 Å². The van der Waals surface area contributed by atoms with Crippen LogP contribution in [0.15, 0.2) is 182 Å². The summed E-state index contributed by atoms with van der Waals surface area (Å²) in [5, 5.41) is 5.19. The molecule has 0 aliphatic rings. The Morgan fingerprint density at radius 1 is 0.274 bits per heavy atom. The summed E-state index contributed by atoms with van der Waals surface area (Å²) in [4.78, 5) is 0. The third-order valence-electron chi connectivity index (χ3n) is 13.6. The Balaban J connectivity index is 0.000000280. The van der Waals surface area contributed by atoms with Gasteiger partial charge < -0.3 is 0 Å². The van der Waals surface area contributed by atoms with Crippen LogP contribution in [0.2, 0.25) is 0 Å². The van der Waals surface area contributed by atoms with Crippen molar-refractivity contribution in [3.05, 3.63) is 232 Å². The van der Waals surface area contributed by atoms with Gasteiger partial charge in [0, 0.05) is 17.7 Å². The number of hydrogen-bond donors (Lipinski definition) is 0. The van der Waals surface area contributed by atoms with Crippen LogP contribution in [0.5, 0.6) is 0 Å². The zero-order valence-corrected chi connectivity index (χ0v) is 41.6. The zero-order chi connectivity index (χ0) is 62.0. The van der Waals surface area contributed by atoms with Crippen LogP contribution in [0.1, 0.15) is 50.1 Å². The molecule has 8 aromatic carbocycles. The topological polar surface area (TPSA) is 3.88 Å². The highest BCUT2D eigenvalue weighted by molar-refractivity contribution is 7.20. The maximum absolute atomic E-state index is 14.2. The average Bonchev–Trinajstić information content (AvgIpc) is 1.87. The monoisotopic (exact) mass is 1210 g/mol. The third-order valence-corrected chi connectivity index (χ3v) is 13.6. The lowest BCUT2D eigenvalue weighted by Crippen LogP contribution is -2.75. The molecular formula is C58H32BF24N. The lowest BCUT2D eigenvalue weighted by molar-refractivity contribution is -0.677. The first-order chi connectivity index (χ1) is 38.7. The van der Waals surface area contributed by atoms with E-state index in [2.05, 4.69) is 114 Å². The first kappa shape index (κ1) is 61.9. The van der Waals surface area contributed by atoms with Crippen molar-refractivity contribution < 1.29 is 110 Å². The van der Waals surface area contributed by atoms with Crippen molar-refractivity contribution in [1.29, 1.82) is 0 Å². The number of halogens is 24. The van der Waals surface area contributed by atoms with Gasteiger partial charge in [-0.2, -0.15) is 132 Å². The van der Waals surface area contributed by atoms with E-state index in [0.29, 0.717) is 0 Å². The van der Waals surface area contributed by atoms with Crippen LogP contribution in [0, 0.1) is 0 Å². The predicted molar refractivity (Wildman–Crippen MR) is 263 cm³/mol. The van der Waals surface area contributed by atoms with E-state index < -0.39 is 195 Å². The van der Waals surface area contributed by atoms with Crippen molar-refractivity contribution in [3.8, 4) is 11.3 Å². The van der Waals surface area contributed by atoms with E-state index in [1.165, 1.54) is 38.4 Å². The van der Waals surface area contributed by atoms with Gasteiger partial charge in [-0.15, -0.1) is 0 Å². The molecule has 9 aromatic rings. The molecule has 9 rings (SSSR count). The minimum Gasteiger partial charge on any atom is -0.194 e. The Morgan fingerprint density at radius 2 is 0.560 bits per heavy atom. The summed E-state index contributed by atoms with van der Waals surface area (Å²) < 4.78 is 343. The second-order valence-corrected chi connectivity index (χ2v) is 19.1. The number of rotatable bonds is 7. The highest BCUT2D eigenvalue weighted by atomic mass is 19.4. The van der Waals surface area contributed by atoms with Gasteiger partial charge in [0.2, 0.25) is 5.69 Å². The van der Waals surface area contributed by atoms with Gasteiger partial charge in [0.15, 0.2) is 12.7 Å². The van der Waals surface area contributed by atoms with Gasteiger partial charge in [0.05, 0.1) is 50.1 Å². The molecular weight excluding hydrogens is 1180 g/mol. The second kappa shape index (κ2) is 21.8. The molecule has 84 heavy (non-hydrogen) atoms. The normalized spacial score (nSPS) is 13.3. The highest BCUT2D eigenvalue weighted by Crippen LogP contribution is 2.42. The Hall–Kier alpha value is -8.19. The van der Waals surface area contributed by atoms with Gasteiger partial charge in [-0.1, -0.05) is 127 Å². The largest absolute Gasteiger partial charge is 0.416 e. The van der Waals surface area contributed by atoms with E-state index in [0.717, 1.165) is 6.54 Å². The van der Waals surface area contributed by atoms with Crippen molar-refractivity contribution in [2.45, 2.75) is 56.0 Å². The first-order valence-corrected chi connectivity index (χ1v) is 24.0. The minimum absolute atomic E-state index is 0.691. The van der Waals surface area contributed by atoms with Crippen LogP contribution in [0.4, 0.5) is 105 Å². The second-order valence-electron chi connectivity index (χ2n) is 19.1. The molecule has 0 amide bonds. The summed E-state index contributed by atoms with van der Waals surface area (Å²) in [6.07, 6.45) is -52.6. The molecule has 0 atom stereocenters. The number of nitrogens with zero attached hydrogens (tertiary/aromatic N) is 1. The zero-order valence-electron chi connectivity index (χ0n) is 41.6. The molecule has 0 aliphatic carbocycles. The quantitative estimate of drug-likeness (QED) is 0.0648. The van der Waals surface area contributed by atoms with E-state index in [-0.39, 0.29) is 0 Å². The molecule has 1 nitrogen and oxygen atoms in total. The van der Waals surface area contributed by atoms with Gasteiger partial charge in [-0.05, 0) is 57.9 Å². The van der Waals surface area contributed by atoms with Gasteiger partial charge in [0.1, 0.15) is 6.15 Å². The molecule has 0 radical (unpaired) electrons. The fourth-order valence-electron chi connectivity index (χ4n) is 9.98. The predicted octanol–water partition coefficient (Wildman–Crippen LogP) is 17.2. The van der Waals surface area contributed by atoms with Crippen molar-refractivity contribution >= 4 is 49.5 Å². The number of fused-ring (bicyclic) bond motifs is 3. The fraction of sp³-hybridized carbons (Fsp3) is 0.155. The molecule has 440 valence electrons. The molecule has 0 fully saturated rings. The minimum atomic E-state index is -6.13. The molecule has 0 unspecified atom stereocenters. The lowest BCUT2D eigenvalue weighted by atomic mass is 9.12. The molecule has 0 saturated heterocycles. The maximum atomic E-state index is 14.2. The van der Waals surface area contributed by atoms with Crippen LogP contribution >= 0.6 is 0 Å². The average molecular weight is 1210 g/mol. The summed E-state index contributed by atoms with van der Waals surface area (Å²) in [7, 11) is 0. The van der Waals surface area contributed by atoms with Crippen molar-refractivity contribution in [2.75, 3.05) is 0 Å². The van der Waals surface area contributed by atoms with Crippen LogP contribution < -0.4 is 26.4 Å². The number of benzene rings is 8. The molecule has 0 bridgehead atoms. The Morgan fingerprint density at radius 3 is 0.893 bits per heavy atom. The summed E-state index contributed by atoms with van der Waals surface area (Å²) in [6.45, 7) is 0.859. The van der Waals surface area contributed by atoms with Crippen LogP contribution in [-0.2, 0) is 56.0 Å². The SMILES string of the molecule is FC(F)(F)c1cc([B-](c2cc(C(F)(F)F)cc(C(F)(F)F)c2)(c2cc(C(F)(F)F)cc(C(F)(F)F)c2)c2cc(C(F)(F)F)cc(C(F)(F)F)c2)cc(C(F)(F)F)c1.c1ccc(C[n+]2ccccc2-c2cc3ccccc3c3ccccc23)cc1. The molecule has 0 spiro atoms. The standard InChI is InChI=1S/C32H12BF24.C26H20N/c34-25(35,36)13-1-14(26(37,38)39)6-21(5-13)33(22-7-15(27(40,41)42)2-16(8-22)28(43,44)45,23-9-17(29(46,47)48)3-18(10-23)30(49,50)51)24-11-19(31(52,53)54)4-20(12-24)32(55,56)57;1-2-10-20(11-3-1)19-27-17-9-8-16-26(27)25-18-21-12-4-5-13-22(21)23-14-6-7-15-24(23)25/h1-12H;1-18H,19H2/q-1;+1. The highest BCUT2D eigenvalue weighted by Gasteiger charge is 2.47. The molecule has 0 N–H and O–H groups in total. The number of alkyl halides is 24. The van der Waals surface area contributed by atoms with Gasteiger partial charge in [0.25, 0.3) is 0 Å². The van der Waals surface area contributed by atoms with E-state index in [1.54, 1.807) is 0 Å². The maximum Gasteiger partial charge on any atom is 0.416 e. The van der Waals surface area contributed by atoms with E-state index >= 15 is 0 Å². The number of hydrogen-bond acceptors (Lipinski definition) is 0. The Bertz CT molecular complexity index is 3440. The van der Waals surface area contributed by atoms with Crippen LogP contribution in [-0.4, -0.2) is 6.15 Å². The first-order valence-electron chi connectivity index (χ1n) is 24.0. The van der Waals surface area contributed by atoms with Crippen molar-refractivity contribution in [1.82, 2.24) is 0 Å². The van der Waals surface area contributed by atoms with Crippen molar-refractivity contribution in [2.24, 2.45) is 0 Å². The Kier molecular flexibility index (Phi) is 16.0. The molecule has 1 heterocycles. The smallest absolute Gasteiger partial charge is 0.194 e. The summed E-state index contributed by atoms with van der Waals surface area (Å²) in [6, 6.07) is 28.0. The van der Waals surface area contributed by atoms with Gasteiger partial charge in [-0.25, -0.2) is 0 Å². The fourth-order valence-corrected chi connectivity index (χ4v) is 9.98.